The van der Waals surface area contributed by atoms with E-state index >= 15 is 0 Å². The molecule has 2 aliphatic heterocycles. The molecule has 3 rings (SSSR count). The molecule has 0 radical (unpaired) electrons. The fourth-order valence-electron chi connectivity index (χ4n) is 2.62. The zero-order chi connectivity index (χ0) is 15.2. The predicted octanol–water partition coefficient (Wildman–Crippen LogP) is 0.541. The van der Waals surface area contributed by atoms with E-state index in [0.717, 1.165) is 12.4 Å². The molecule has 1 aromatic heterocycles. The van der Waals surface area contributed by atoms with Crippen LogP contribution in [0.5, 0.6) is 0 Å². The molecule has 2 atom stereocenters. The highest BCUT2D eigenvalue weighted by atomic mass is 19.4. The van der Waals surface area contributed by atoms with Crippen LogP contribution >= 0.6 is 0 Å². The Morgan fingerprint density at radius 2 is 2.10 bits per heavy atom. The van der Waals surface area contributed by atoms with Crippen molar-refractivity contribution in [1.29, 1.82) is 0 Å². The Balaban J connectivity index is 1.82. The SMILES string of the molecule is CN1C(=O)COC2CN(c3cc(C(F)(F)F)ncn3)CC21. The topological polar surface area (TPSA) is 58.6 Å². The minimum absolute atomic E-state index is 0.00306. The van der Waals surface area contributed by atoms with E-state index in [9.17, 15) is 18.0 Å². The number of alkyl halides is 3. The smallest absolute Gasteiger partial charge is 0.364 e. The standard InChI is InChI=1S/C12H13F3N4O2/c1-18-7-3-19(4-8(7)21-5-11(18)20)10-2-9(12(13,14)15)16-6-17-10/h2,6-8H,3-5H2,1H3. The average Bonchev–Trinajstić information content (AvgIpc) is 2.87. The third-order valence-electron chi connectivity index (χ3n) is 3.82. The first kappa shape index (κ1) is 14.1. The summed E-state index contributed by atoms with van der Waals surface area (Å²) in [7, 11) is 1.67. The monoisotopic (exact) mass is 302 g/mol. The summed E-state index contributed by atoms with van der Waals surface area (Å²) in [4.78, 5) is 22.0. The molecule has 3 heterocycles. The maximum Gasteiger partial charge on any atom is 0.433 e. The zero-order valence-corrected chi connectivity index (χ0v) is 11.2. The minimum Gasteiger partial charge on any atom is -0.364 e. The second kappa shape index (κ2) is 4.83. The van der Waals surface area contributed by atoms with Crippen molar-refractivity contribution in [3.05, 3.63) is 18.1 Å². The van der Waals surface area contributed by atoms with E-state index in [4.69, 9.17) is 4.74 Å². The van der Waals surface area contributed by atoms with Gasteiger partial charge in [-0.25, -0.2) is 9.97 Å². The number of ether oxygens (including phenoxy) is 1. The van der Waals surface area contributed by atoms with E-state index in [1.165, 1.54) is 0 Å². The number of anilines is 1. The fraction of sp³-hybridized carbons (Fsp3) is 0.583. The van der Waals surface area contributed by atoms with Crippen LogP contribution in [0.4, 0.5) is 19.0 Å². The molecule has 9 heteroatoms. The van der Waals surface area contributed by atoms with E-state index in [2.05, 4.69) is 9.97 Å². The highest BCUT2D eigenvalue weighted by Gasteiger charge is 2.42. The molecule has 21 heavy (non-hydrogen) atoms. The lowest BCUT2D eigenvalue weighted by Gasteiger charge is -2.33. The number of rotatable bonds is 1. The van der Waals surface area contributed by atoms with Gasteiger partial charge < -0.3 is 14.5 Å². The van der Waals surface area contributed by atoms with Crippen LogP contribution in [0.2, 0.25) is 0 Å². The van der Waals surface area contributed by atoms with Gasteiger partial charge in [0.2, 0.25) is 5.91 Å². The molecule has 0 N–H and O–H groups in total. The Morgan fingerprint density at radius 3 is 2.81 bits per heavy atom. The Labute approximate surface area is 118 Å². The van der Waals surface area contributed by atoms with Crippen molar-refractivity contribution in [2.24, 2.45) is 0 Å². The molecule has 0 spiro atoms. The maximum atomic E-state index is 12.7. The quantitative estimate of drug-likeness (QED) is 0.758. The van der Waals surface area contributed by atoms with Gasteiger partial charge in [0.05, 0.1) is 12.1 Å². The van der Waals surface area contributed by atoms with Gasteiger partial charge in [0.25, 0.3) is 0 Å². The number of aromatic nitrogens is 2. The molecule has 0 aliphatic carbocycles. The molecule has 0 saturated carbocycles. The Morgan fingerprint density at radius 1 is 1.33 bits per heavy atom. The normalized spacial score (nSPS) is 26.2. The van der Waals surface area contributed by atoms with Gasteiger partial charge in [-0.3, -0.25) is 4.79 Å². The summed E-state index contributed by atoms with van der Waals surface area (Å²) in [5.41, 5.74) is -0.979. The fourth-order valence-corrected chi connectivity index (χ4v) is 2.62. The van der Waals surface area contributed by atoms with E-state index in [0.29, 0.717) is 13.1 Å². The van der Waals surface area contributed by atoms with Crippen LogP contribution in [-0.4, -0.2) is 59.7 Å². The van der Waals surface area contributed by atoms with Crippen LogP contribution in [0.3, 0.4) is 0 Å². The summed E-state index contributed by atoms with van der Waals surface area (Å²) in [5, 5.41) is 0. The second-order valence-electron chi connectivity index (χ2n) is 5.09. The van der Waals surface area contributed by atoms with Crippen molar-refractivity contribution >= 4 is 11.7 Å². The number of carbonyl (C=O) groups excluding carboxylic acids is 1. The lowest BCUT2D eigenvalue weighted by atomic mass is 10.1. The summed E-state index contributed by atoms with van der Waals surface area (Å²) >= 11 is 0. The average molecular weight is 302 g/mol. The van der Waals surface area contributed by atoms with E-state index in [1.54, 1.807) is 16.8 Å². The van der Waals surface area contributed by atoms with Crippen LogP contribution in [0.15, 0.2) is 12.4 Å². The molecule has 2 fully saturated rings. The van der Waals surface area contributed by atoms with Crippen molar-refractivity contribution in [2.75, 3.05) is 31.6 Å². The maximum absolute atomic E-state index is 12.7. The summed E-state index contributed by atoms with van der Waals surface area (Å²) < 4.78 is 43.5. The molecule has 2 aliphatic rings. The Bertz CT molecular complexity index is 566. The molecule has 2 saturated heterocycles. The molecular formula is C12H13F3N4O2. The van der Waals surface area contributed by atoms with Gasteiger partial charge in [-0.2, -0.15) is 13.2 Å². The number of carbonyl (C=O) groups is 1. The largest absolute Gasteiger partial charge is 0.433 e. The summed E-state index contributed by atoms with van der Waals surface area (Å²) in [6, 6.07) is 0.745. The van der Waals surface area contributed by atoms with Gasteiger partial charge in [0.1, 0.15) is 24.4 Å². The number of nitrogens with zero attached hydrogens (tertiary/aromatic N) is 4. The molecule has 1 aromatic rings. The van der Waals surface area contributed by atoms with Crippen molar-refractivity contribution in [3.63, 3.8) is 0 Å². The van der Waals surface area contributed by atoms with E-state index < -0.39 is 11.9 Å². The molecular weight excluding hydrogens is 289 g/mol. The number of hydrogen-bond acceptors (Lipinski definition) is 5. The van der Waals surface area contributed by atoms with Crippen molar-refractivity contribution in [3.8, 4) is 0 Å². The number of amides is 1. The van der Waals surface area contributed by atoms with Gasteiger partial charge in [-0.15, -0.1) is 0 Å². The molecule has 0 bridgehead atoms. The highest BCUT2D eigenvalue weighted by Crippen LogP contribution is 2.31. The van der Waals surface area contributed by atoms with Gasteiger partial charge in [-0.05, 0) is 0 Å². The van der Waals surface area contributed by atoms with E-state index in [1.807, 2.05) is 0 Å². The van der Waals surface area contributed by atoms with Crippen LogP contribution in [0.25, 0.3) is 0 Å². The first-order chi connectivity index (χ1) is 9.86. The lowest BCUT2D eigenvalue weighted by molar-refractivity contribution is -0.150. The number of hydrogen-bond donors (Lipinski definition) is 0. The Kier molecular flexibility index (Phi) is 3.23. The van der Waals surface area contributed by atoms with E-state index in [-0.39, 0.29) is 30.5 Å². The number of likely N-dealkylation sites (N-methyl/N-ethyl adjacent to an activating group) is 1. The van der Waals surface area contributed by atoms with Gasteiger partial charge >= 0.3 is 6.18 Å². The van der Waals surface area contributed by atoms with Crippen LogP contribution in [0, 0.1) is 0 Å². The van der Waals surface area contributed by atoms with Crippen molar-refractivity contribution < 1.29 is 22.7 Å². The van der Waals surface area contributed by atoms with Crippen molar-refractivity contribution in [2.45, 2.75) is 18.3 Å². The third-order valence-corrected chi connectivity index (χ3v) is 3.82. The van der Waals surface area contributed by atoms with Crippen LogP contribution < -0.4 is 4.90 Å². The second-order valence-corrected chi connectivity index (χ2v) is 5.09. The summed E-state index contributed by atoms with van der Waals surface area (Å²) in [6.07, 6.45) is -3.82. The minimum atomic E-state index is -4.51. The number of morpholine rings is 1. The highest BCUT2D eigenvalue weighted by molar-refractivity contribution is 5.78. The van der Waals surface area contributed by atoms with Gasteiger partial charge in [-0.1, -0.05) is 0 Å². The molecule has 2 unspecified atom stereocenters. The van der Waals surface area contributed by atoms with Gasteiger partial charge in [0.15, 0.2) is 0 Å². The molecule has 0 aromatic carbocycles. The molecule has 6 nitrogen and oxygen atoms in total. The first-order valence-electron chi connectivity index (χ1n) is 6.37. The van der Waals surface area contributed by atoms with Crippen LogP contribution in [-0.2, 0) is 15.7 Å². The number of halogens is 3. The van der Waals surface area contributed by atoms with Gasteiger partial charge in [0, 0.05) is 26.2 Å². The zero-order valence-electron chi connectivity index (χ0n) is 11.2. The van der Waals surface area contributed by atoms with Crippen molar-refractivity contribution in [1.82, 2.24) is 14.9 Å². The molecule has 1 amide bonds. The van der Waals surface area contributed by atoms with Crippen LogP contribution in [0.1, 0.15) is 5.69 Å². The lowest BCUT2D eigenvalue weighted by Crippen LogP contribution is -2.51. The third kappa shape index (κ3) is 2.53. The first-order valence-corrected chi connectivity index (χ1v) is 6.37. The summed E-state index contributed by atoms with van der Waals surface area (Å²) in [5.74, 6) is 0.0629. The summed E-state index contributed by atoms with van der Waals surface area (Å²) in [6.45, 7) is 0.793. The molecule has 114 valence electrons. The predicted molar refractivity (Wildman–Crippen MR) is 65.5 cm³/mol. The Hall–Kier alpha value is -1.90. The number of fused-ring (bicyclic) bond motifs is 1.